The molecule has 0 aliphatic rings. The van der Waals surface area contributed by atoms with Gasteiger partial charge in [0.25, 0.3) is 10.0 Å². The number of nitrogens with one attached hydrogen (secondary N) is 1. The number of aryl methyl sites for hydroxylation is 1. The highest BCUT2D eigenvalue weighted by Crippen LogP contribution is 2.31. The second kappa shape index (κ2) is 6.72. The number of fused-ring (bicyclic) bond motifs is 1. The maximum absolute atomic E-state index is 12.8. The topological polar surface area (TPSA) is 63.5 Å². The number of anilines is 1. The fraction of sp³-hybridized carbons (Fsp3) is 0.0500. The van der Waals surface area contributed by atoms with Crippen LogP contribution in [0.3, 0.4) is 0 Å². The number of halogens is 1. The molecule has 0 saturated heterocycles. The molecule has 2 heterocycles. The Morgan fingerprint density at radius 2 is 1.74 bits per heavy atom. The first-order valence-electron chi connectivity index (χ1n) is 8.27. The molecule has 136 valence electrons. The van der Waals surface area contributed by atoms with Gasteiger partial charge in [0.05, 0.1) is 16.4 Å². The van der Waals surface area contributed by atoms with Crippen molar-refractivity contribution >= 4 is 33.0 Å². The van der Waals surface area contributed by atoms with Gasteiger partial charge in [0.15, 0.2) is 0 Å². The van der Waals surface area contributed by atoms with Crippen molar-refractivity contribution in [2.75, 3.05) is 4.72 Å². The van der Waals surface area contributed by atoms with Gasteiger partial charge in [0.2, 0.25) is 0 Å². The van der Waals surface area contributed by atoms with Crippen LogP contribution in [-0.2, 0) is 10.0 Å². The van der Waals surface area contributed by atoms with Crippen LogP contribution in [0.2, 0.25) is 5.02 Å². The summed E-state index contributed by atoms with van der Waals surface area (Å²) in [6.45, 7) is 1.98. The molecule has 0 spiro atoms. The van der Waals surface area contributed by atoms with Crippen molar-refractivity contribution < 1.29 is 8.42 Å². The van der Waals surface area contributed by atoms with Gasteiger partial charge in [-0.25, -0.2) is 13.4 Å². The first-order chi connectivity index (χ1) is 13.0. The van der Waals surface area contributed by atoms with Crippen molar-refractivity contribution in [2.24, 2.45) is 0 Å². The van der Waals surface area contributed by atoms with Crippen molar-refractivity contribution in [3.05, 3.63) is 83.6 Å². The average molecular weight is 398 g/mol. The standard InChI is InChI=1S/C20H16ClN3O2S/c1-14-7-6-12-24-13-18(22-20(14)24)15-8-2-4-10-17(15)23-27(25,26)19-11-5-3-9-16(19)21/h2-13,23H,1H3. The predicted molar refractivity (Wildman–Crippen MR) is 108 cm³/mol. The lowest BCUT2D eigenvalue weighted by molar-refractivity contribution is 0.601. The second-order valence-corrected chi connectivity index (χ2v) is 8.19. The quantitative estimate of drug-likeness (QED) is 0.539. The molecule has 4 rings (SSSR count). The summed E-state index contributed by atoms with van der Waals surface area (Å²) in [5.74, 6) is 0. The van der Waals surface area contributed by atoms with E-state index >= 15 is 0 Å². The Kier molecular flexibility index (Phi) is 4.37. The molecule has 4 aromatic rings. The van der Waals surface area contributed by atoms with E-state index in [9.17, 15) is 8.42 Å². The van der Waals surface area contributed by atoms with Crippen LogP contribution in [0.25, 0.3) is 16.9 Å². The third kappa shape index (κ3) is 3.29. The van der Waals surface area contributed by atoms with Crippen LogP contribution >= 0.6 is 11.6 Å². The maximum Gasteiger partial charge on any atom is 0.263 e. The Labute approximate surface area is 162 Å². The zero-order chi connectivity index (χ0) is 19.0. The Bertz CT molecular complexity index is 1250. The molecule has 1 N–H and O–H groups in total. The van der Waals surface area contributed by atoms with E-state index < -0.39 is 10.0 Å². The minimum atomic E-state index is -3.83. The number of pyridine rings is 1. The first-order valence-corrected chi connectivity index (χ1v) is 10.1. The lowest BCUT2D eigenvalue weighted by atomic mass is 10.1. The van der Waals surface area contributed by atoms with Crippen LogP contribution in [0.5, 0.6) is 0 Å². The third-order valence-corrected chi connectivity index (χ3v) is 6.12. The van der Waals surface area contributed by atoms with Gasteiger partial charge in [0, 0.05) is 18.0 Å². The molecule has 0 aliphatic carbocycles. The number of sulfonamides is 1. The number of benzene rings is 2. The average Bonchev–Trinajstić information content (AvgIpc) is 3.07. The molecule has 0 aliphatic heterocycles. The Morgan fingerprint density at radius 3 is 2.52 bits per heavy atom. The van der Waals surface area contributed by atoms with E-state index in [4.69, 9.17) is 11.6 Å². The lowest BCUT2D eigenvalue weighted by Gasteiger charge is -2.12. The Balaban J connectivity index is 1.80. The number of hydrogen-bond donors (Lipinski definition) is 1. The largest absolute Gasteiger partial charge is 0.306 e. The van der Waals surface area contributed by atoms with Gasteiger partial charge >= 0.3 is 0 Å². The first kappa shape index (κ1) is 17.6. The minimum Gasteiger partial charge on any atom is -0.306 e. The minimum absolute atomic E-state index is 0.0346. The summed E-state index contributed by atoms with van der Waals surface area (Å²) in [5.41, 5.74) is 3.69. The van der Waals surface area contributed by atoms with Gasteiger partial charge in [-0.2, -0.15) is 0 Å². The molecule has 0 bridgehead atoms. The number of rotatable bonds is 4. The highest BCUT2D eigenvalue weighted by molar-refractivity contribution is 7.92. The van der Waals surface area contributed by atoms with Crippen LogP contribution in [0, 0.1) is 6.92 Å². The number of nitrogens with zero attached hydrogens (tertiary/aromatic N) is 2. The van der Waals surface area contributed by atoms with Crippen molar-refractivity contribution in [1.29, 1.82) is 0 Å². The van der Waals surface area contributed by atoms with Gasteiger partial charge in [-0.15, -0.1) is 0 Å². The fourth-order valence-corrected chi connectivity index (χ4v) is 4.54. The lowest BCUT2D eigenvalue weighted by Crippen LogP contribution is -2.14. The number of imidazole rings is 1. The molecular formula is C20H16ClN3O2S. The molecule has 2 aromatic heterocycles. The molecule has 2 aromatic carbocycles. The molecule has 0 amide bonds. The number of aromatic nitrogens is 2. The predicted octanol–water partition coefficient (Wildman–Crippen LogP) is 4.76. The van der Waals surface area contributed by atoms with Gasteiger partial charge in [-0.1, -0.05) is 48.0 Å². The highest BCUT2D eigenvalue weighted by atomic mass is 35.5. The summed E-state index contributed by atoms with van der Waals surface area (Å²) in [6, 6.07) is 17.4. The van der Waals surface area contributed by atoms with Crippen molar-refractivity contribution in [3.63, 3.8) is 0 Å². The molecule has 27 heavy (non-hydrogen) atoms. The summed E-state index contributed by atoms with van der Waals surface area (Å²) < 4.78 is 30.2. The van der Waals surface area contributed by atoms with E-state index in [-0.39, 0.29) is 9.92 Å². The monoisotopic (exact) mass is 397 g/mol. The summed E-state index contributed by atoms with van der Waals surface area (Å²) in [4.78, 5) is 4.70. The van der Waals surface area contributed by atoms with Crippen LogP contribution in [-0.4, -0.2) is 17.8 Å². The van der Waals surface area contributed by atoms with Crippen LogP contribution < -0.4 is 4.72 Å². The zero-order valence-corrected chi connectivity index (χ0v) is 16.0. The van der Waals surface area contributed by atoms with Crippen molar-refractivity contribution in [3.8, 4) is 11.3 Å². The Hall–Kier alpha value is -2.83. The van der Waals surface area contributed by atoms with E-state index in [0.717, 1.165) is 11.2 Å². The van der Waals surface area contributed by atoms with Gasteiger partial charge in [-0.3, -0.25) is 4.72 Å². The molecule has 0 radical (unpaired) electrons. The Morgan fingerprint density at radius 1 is 1.00 bits per heavy atom. The third-order valence-electron chi connectivity index (χ3n) is 4.25. The molecule has 0 saturated carbocycles. The highest BCUT2D eigenvalue weighted by Gasteiger charge is 2.20. The van der Waals surface area contributed by atoms with Crippen LogP contribution in [0.15, 0.2) is 78.0 Å². The van der Waals surface area contributed by atoms with E-state index in [2.05, 4.69) is 9.71 Å². The summed E-state index contributed by atoms with van der Waals surface area (Å²) in [5, 5.41) is 0.172. The second-order valence-electron chi connectivity index (χ2n) is 6.13. The number of para-hydroxylation sites is 1. The van der Waals surface area contributed by atoms with Crippen LogP contribution in [0.4, 0.5) is 5.69 Å². The SMILES string of the molecule is Cc1cccn2cc(-c3ccccc3NS(=O)(=O)c3ccccc3Cl)nc12. The van der Waals surface area contributed by atoms with E-state index in [1.54, 1.807) is 30.3 Å². The zero-order valence-electron chi connectivity index (χ0n) is 14.4. The van der Waals surface area contributed by atoms with Crippen LogP contribution in [0.1, 0.15) is 5.56 Å². The normalized spacial score (nSPS) is 11.6. The van der Waals surface area contributed by atoms with E-state index in [1.807, 2.05) is 48.0 Å². The smallest absolute Gasteiger partial charge is 0.263 e. The van der Waals surface area contributed by atoms with Crippen molar-refractivity contribution in [1.82, 2.24) is 9.38 Å². The summed E-state index contributed by atoms with van der Waals surface area (Å²) >= 11 is 6.07. The number of hydrogen-bond acceptors (Lipinski definition) is 3. The molecule has 0 unspecified atom stereocenters. The molecular weight excluding hydrogens is 382 g/mol. The molecule has 0 atom stereocenters. The van der Waals surface area contributed by atoms with E-state index in [1.165, 1.54) is 6.07 Å². The fourth-order valence-electron chi connectivity index (χ4n) is 2.94. The molecule has 7 heteroatoms. The van der Waals surface area contributed by atoms with Crippen molar-refractivity contribution in [2.45, 2.75) is 11.8 Å². The van der Waals surface area contributed by atoms with Gasteiger partial charge < -0.3 is 4.40 Å². The molecule has 0 fully saturated rings. The molecule has 5 nitrogen and oxygen atoms in total. The van der Waals surface area contributed by atoms with E-state index in [0.29, 0.717) is 16.9 Å². The summed E-state index contributed by atoms with van der Waals surface area (Å²) in [6.07, 6.45) is 3.79. The summed E-state index contributed by atoms with van der Waals surface area (Å²) in [7, 11) is -3.83. The van der Waals surface area contributed by atoms with Gasteiger partial charge in [0.1, 0.15) is 10.5 Å². The maximum atomic E-state index is 12.8. The van der Waals surface area contributed by atoms with Gasteiger partial charge in [-0.05, 0) is 36.8 Å².